The molecule has 6 heteroatoms. The minimum Gasteiger partial charge on any atom is -0.330 e. The van der Waals surface area contributed by atoms with Crippen LogP contribution >= 0.6 is 27.3 Å². The van der Waals surface area contributed by atoms with Crippen LogP contribution in [0.1, 0.15) is 59.4 Å². The monoisotopic (exact) mass is 367 g/mol. The maximum atomic E-state index is 12.8. The van der Waals surface area contributed by atoms with Crippen molar-refractivity contribution in [1.29, 1.82) is 0 Å². The van der Waals surface area contributed by atoms with Crippen LogP contribution in [-0.4, -0.2) is 27.5 Å². The van der Waals surface area contributed by atoms with E-state index in [1.165, 1.54) is 10.4 Å². The van der Waals surface area contributed by atoms with Crippen LogP contribution < -0.4 is 0 Å². The molecule has 0 radical (unpaired) electrons. The van der Waals surface area contributed by atoms with Crippen molar-refractivity contribution in [3.8, 4) is 0 Å². The van der Waals surface area contributed by atoms with Crippen LogP contribution in [0, 0.1) is 0 Å². The lowest BCUT2D eigenvalue weighted by molar-refractivity contribution is 0.0672. The molecule has 1 amide bonds. The van der Waals surface area contributed by atoms with Gasteiger partial charge < -0.3 is 4.90 Å². The quantitative estimate of drug-likeness (QED) is 0.867. The zero-order valence-electron chi connectivity index (χ0n) is 12.3. The number of nitrogens with zero attached hydrogens (tertiary/aromatic N) is 2. The summed E-state index contributed by atoms with van der Waals surface area (Å²) in [6.07, 6.45) is 0.933. The van der Waals surface area contributed by atoms with Gasteiger partial charge in [-0.1, -0.05) is 13.8 Å². The number of nitrogens with one attached hydrogen (secondary N) is 1. The molecule has 1 aliphatic rings. The third-order valence-corrected chi connectivity index (χ3v) is 5.85. The Morgan fingerprint density at radius 1 is 1.57 bits per heavy atom. The van der Waals surface area contributed by atoms with E-state index in [2.05, 4.69) is 58.3 Å². The van der Waals surface area contributed by atoms with Gasteiger partial charge in [0.2, 0.25) is 0 Å². The number of carbonyl (C=O) groups is 1. The Hall–Kier alpha value is -1.14. The second-order valence-electron chi connectivity index (χ2n) is 5.68. The molecule has 2 aromatic rings. The molecule has 0 bridgehead atoms. The SMILES string of the molecule is CC(C)c1[nH]nc(C(=O)N2CCc3sccc3C2C)c1Br. The fourth-order valence-electron chi connectivity index (χ4n) is 2.79. The van der Waals surface area contributed by atoms with Crippen molar-refractivity contribution in [3.05, 3.63) is 37.7 Å². The van der Waals surface area contributed by atoms with E-state index in [1.54, 1.807) is 11.3 Å². The molecule has 3 heterocycles. The Bertz CT molecular complexity index is 676. The number of carbonyl (C=O) groups excluding carboxylic acids is 1. The van der Waals surface area contributed by atoms with Gasteiger partial charge >= 0.3 is 0 Å². The lowest BCUT2D eigenvalue weighted by Gasteiger charge is -2.33. The lowest BCUT2D eigenvalue weighted by Crippen LogP contribution is -2.38. The minimum absolute atomic E-state index is 0.00521. The van der Waals surface area contributed by atoms with Crippen molar-refractivity contribution in [1.82, 2.24) is 15.1 Å². The van der Waals surface area contributed by atoms with Crippen LogP contribution in [0.25, 0.3) is 0 Å². The molecule has 3 rings (SSSR count). The van der Waals surface area contributed by atoms with Gasteiger partial charge in [0.1, 0.15) is 0 Å². The Kier molecular flexibility index (Phi) is 3.92. The number of H-pyrrole nitrogens is 1. The smallest absolute Gasteiger partial charge is 0.276 e. The summed E-state index contributed by atoms with van der Waals surface area (Å²) in [4.78, 5) is 16.1. The highest BCUT2D eigenvalue weighted by Crippen LogP contribution is 2.35. The van der Waals surface area contributed by atoms with E-state index in [1.807, 2.05) is 4.90 Å². The summed E-state index contributed by atoms with van der Waals surface area (Å²) in [6, 6.07) is 2.24. The lowest BCUT2D eigenvalue weighted by atomic mass is 10.0. The first kappa shape index (κ1) is 14.8. The van der Waals surface area contributed by atoms with E-state index in [0.29, 0.717) is 11.6 Å². The van der Waals surface area contributed by atoms with E-state index in [-0.39, 0.29) is 11.9 Å². The first-order valence-electron chi connectivity index (χ1n) is 7.11. The molecular weight excluding hydrogens is 350 g/mol. The average Bonchev–Trinajstić information content (AvgIpc) is 3.05. The first-order valence-corrected chi connectivity index (χ1v) is 8.79. The molecule has 112 valence electrons. The maximum absolute atomic E-state index is 12.8. The summed E-state index contributed by atoms with van der Waals surface area (Å²) in [6.45, 7) is 7.00. The number of halogens is 1. The third-order valence-electron chi connectivity index (χ3n) is 4.05. The number of hydrogen-bond donors (Lipinski definition) is 1. The molecular formula is C15H18BrN3OS. The number of amides is 1. The number of hydrogen-bond acceptors (Lipinski definition) is 3. The summed E-state index contributed by atoms with van der Waals surface area (Å²) < 4.78 is 0.797. The van der Waals surface area contributed by atoms with Crippen molar-refractivity contribution in [2.45, 2.75) is 39.2 Å². The van der Waals surface area contributed by atoms with Gasteiger partial charge in [-0.15, -0.1) is 11.3 Å². The summed E-state index contributed by atoms with van der Waals surface area (Å²) in [5.74, 6) is 0.296. The van der Waals surface area contributed by atoms with Gasteiger partial charge in [0.05, 0.1) is 16.2 Å². The fourth-order valence-corrected chi connectivity index (χ4v) is 4.56. The molecule has 1 atom stereocenters. The standard InChI is InChI=1S/C15H18BrN3OS/c1-8(2)13-12(16)14(18-17-13)15(20)19-6-4-11-10(9(19)3)5-7-21-11/h5,7-9H,4,6H2,1-3H3,(H,17,18). The molecule has 21 heavy (non-hydrogen) atoms. The second-order valence-corrected chi connectivity index (χ2v) is 7.47. The van der Waals surface area contributed by atoms with Crippen LogP contribution in [0.3, 0.4) is 0 Å². The van der Waals surface area contributed by atoms with E-state index in [0.717, 1.165) is 23.1 Å². The van der Waals surface area contributed by atoms with E-state index < -0.39 is 0 Å². The highest BCUT2D eigenvalue weighted by Gasteiger charge is 2.31. The van der Waals surface area contributed by atoms with Crippen LogP contribution in [0.4, 0.5) is 0 Å². The molecule has 4 nitrogen and oxygen atoms in total. The van der Waals surface area contributed by atoms with Crippen LogP contribution in [0.15, 0.2) is 15.9 Å². The predicted molar refractivity (Wildman–Crippen MR) is 87.9 cm³/mol. The molecule has 1 N–H and O–H groups in total. The van der Waals surface area contributed by atoms with Crippen molar-refractivity contribution >= 4 is 33.2 Å². The first-order chi connectivity index (χ1) is 10.0. The number of aromatic amines is 1. The topological polar surface area (TPSA) is 49.0 Å². The number of thiophene rings is 1. The van der Waals surface area contributed by atoms with Gasteiger partial charge in [0.15, 0.2) is 5.69 Å². The van der Waals surface area contributed by atoms with E-state index >= 15 is 0 Å². The normalized spacial score (nSPS) is 18.1. The molecule has 0 aromatic carbocycles. The van der Waals surface area contributed by atoms with Crippen molar-refractivity contribution in [2.75, 3.05) is 6.54 Å². The van der Waals surface area contributed by atoms with Gasteiger partial charge in [0, 0.05) is 11.4 Å². The predicted octanol–water partition coefficient (Wildman–Crippen LogP) is 4.12. The number of fused-ring (bicyclic) bond motifs is 1. The van der Waals surface area contributed by atoms with Gasteiger partial charge in [0.25, 0.3) is 5.91 Å². The van der Waals surface area contributed by atoms with Crippen LogP contribution in [0.2, 0.25) is 0 Å². The zero-order chi connectivity index (χ0) is 15.1. The van der Waals surface area contributed by atoms with E-state index in [9.17, 15) is 4.79 Å². The zero-order valence-corrected chi connectivity index (χ0v) is 14.7. The van der Waals surface area contributed by atoms with Crippen LogP contribution in [0.5, 0.6) is 0 Å². The van der Waals surface area contributed by atoms with Gasteiger partial charge in [-0.25, -0.2) is 0 Å². The maximum Gasteiger partial charge on any atom is 0.276 e. The highest BCUT2D eigenvalue weighted by molar-refractivity contribution is 9.10. The fraction of sp³-hybridized carbons (Fsp3) is 0.467. The summed E-state index contributed by atoms with van der Waals surface area (Å²) in [5.41, 5.74) is 2.74. The molecule has 0 spiro atoms. The molecule has 0 saturated heterocycles. The van der Waals surface area contributed by atoms with Gasteiger partial charge in [-0.05, 0) is 52.2 Å². The highest BCUT2D eigenvalue weighted by atomic mass is 79.9. The molecule has 0 saturated carbocycles. The number of rotatable bonds is 2. The Labute approximate surface area is 136 Å². The molecule has 0 aliphatic carbocycles. The Balaban J connectivity index is 1.90. The average molecular weight is 368 g/mol. The summed E-state index contributed by atoms with van der Waals surface area (Å²) >= 11 is 5.30. The van der Waals surface area contributed by atoms with Crippen molar-refractivity contribution in [3.63, 3.8) is 0 Å². The Morgan fingerprint density at radius 2 is 2.33 bits per heavy atom. The van der Waals surface area contributed by atoms with E-state index in [4.69, 9.17) is 0 Å². The van der Waals surface area contributed by atoms with Gasteiger partial charge in [-0.3, -0.25) is 9.89 Å². The molecule has 1 aliphatic heterocycles. The Morgan fingerprint density at radius 3 is 3.00 bits per heavy atom. The molecule has 0 fully saturated rings. The van der Waals surface area contributed by atoms with Crippen molar-refractivity contribution < 1.29 is 4.79 Å². The van der Waals surface area contributed by atoms with Gasteiger partial charge in [-0.2, -0.15) is 5.10 Å². The second kappa shape index (κ2) is 5.57. The largest absolute Gasteiger partial charge is 0.330 e. The molecule has 2 aromatic heterocycles. The van der Waals surface area contributed by atoms with Crippen molar-refractivity contribution in [2.24, 2.45) is 0 Å². The molecule has 1 unspecified atom stereocenters. The summed E-state index contributed by atoms with van der Waals surface area (Å²) in [5, 5.41) is 9.32. The number of aromatic nitrogens is 2. The summed E-state index contributed by atoms with van der Waals surface area (Å²) in [7, 11) is 0. The minimum atomic E-state index is -0.00521. The van der Waals surface area contributed by atoms with Crippen LogP contribution in [-0.2, 0) is 6.42 Å². The third kappa shape index (κ3) is 2.44.